The van der Waals surface area contributed by atoms with E-state index in [-0.39, 0.29) is 18.4 Å². The van der Waals surface area contributed by atoms with Gasteiger partial charge >= 0.3 is 11.7 Å². The fraction of sp³-hybridized carbons (Fsp3) is 0.320. The van der Waals surface area contributed by atoms with E-state index >= 15 is 0 Å². The number of amides is 3. The fourth-order valence-electron chi connectivity index (χ4n) is 4.45. The summed E-state index contributed by atoms with van der Waals surface area (Å²) < 4.78 is 5.41. The Bertz CT molecular complexity index is 1230. The lowest BCUT2D eigenvalue weighted by atomic mass is 9.87. The van der Waals surface area contributed by atoms with Crippen LogP contribution in [0.2, 0.25) is 0 Å². The van der Waals surface area contributed by atoms with E-state index in [9.17, 15) is 14.4 Å². The lowest BCUT2D eigenvalue weighted by Crippen LogP contribution is -2.43. The zero-order valence-corrected chi connectivity index (χ0v) is 18.2. The van der Waals surface area contributed by atoms with Crippen molar-refractivity contribution in [3.05, 3.63) is 81.2 Å². The predicted octanol–water partition coefficient (Wildman–Crippen LogP) is 4.58. The van der Waals surface area contributed by atoms with Crippen LogP contribution in [0.15, 0.2) is 57.7 Å². The van der Waals surface area contributed by atoms with Crippen molar-refractivity contribution in [3.63, 3.8) is 0 Å². The number of carbonyl (C=O) groups is 2. The van der Waals surface area contributed by atoms with Gasteiger partial charge in [-0.1, -0.05) is 51.1 Å². The van der Waals surface area contributed by atoms with E-state index in [1.807, 2.05) is 56.3 Å². The molecular weight excluding hydrogens is 392 g/mol. The third-order valence-electron chi connectivity index (χ3n) is 6.14. The maximum Gasteiger partial charge on any atom is 0.336 e. The zero-order chi connectivity index (χ0) is 22.3. The molecule has 0 spiro atoms. The average Bonchev–Trinajstić information content (AvgIpc) is 2.98. The number of hydrogen-bond acceptors (Lipinski definition) is 4. The van der Waals surface area contributed by atoms with Gasteiger partial charge in [0.15, 0.2) is 0 Å². The Morgan fingerprint density at radius 2 is 1.77 bits per heavy atom. The Morgan fingerprint density at radius 1 is 1.06 bits per heavy atom. The molecule has 1 N–H and O–H groups in total. The van der Waals surface area contributed by atoms with Crippen molar-refractivity contribution in [1.29, 1.82) is 0 Å². The number of carbonyl (C=O) groups excluding carboxylic acids is 2. The highest BCUT2D eigenvalue weighted by molar-refractivity contribution is 6.07. The molecule has 1 aliphatic heterocycles. The molecule has 0 radical (unpaired) electrons. The molecule has 0 saturated carbocycles. The second-order valence-corrected chi connectivity index (χ2v) is 8.40. The minimum atomic E-state index is -1.10. The first-order valence-electron chi connectivity index (χ1n) is 10.5. The molecule has 1 atom stereocenters. The van der Waals surface area contributed by atoms with Crippen LogP contribution in [0.1, 0.15) is 55.4 Å². The summed E-state index contributed by atoms with van der Waals surface area (Å²) in [6.07, 6.45) is 0.423. The molecule has 0 aliphatic carbocycles. The first-order chi connectivity index (χ1) is 14.8. The van der Waals surface area contributed by atoms with Crippen LogP contribution in [-0.4, -0.2) is 16.8 Å². The lowest BCUT2D eigenvalue weighted by molar-refractivity contribution is -0.132. The summed E-state index contributed by atoms with van der Waals surface area (Å²) in [5.41, 5.74) is 2.36. The van der Waals surface area contributed by atoms with Crippen molar-refractivity contribution in [3.8, 4) is 0 Å². The summed E-state index contributed by atoms with van der Waals surface area (Å²) in [6, 6.07) is 14.0. The number of nitrogens with zero attached hydrogens (tertiary/aromatic N) is 1. The molecule has 160 valence electrons. The monoisotopic (exact) mass is 418 g/mol. The van der Waals surface area contributed by atoms with Gasteiger partial charge in [0.2, 0.25) is 0 Å². The van der Waals surface area contributed by atoms with E-state index in [2.05, 4.69) is 19.2 Å². The van der Waals surface area contributed by atoms with Gasteiger partial charge in [-0.25, -0.2) is 9.59 Å². The Labute approximate surface area is 180 Å². The lowest BCUT2D eigenvalue weighted by Gasteiger charge is -2.25. The highest BCUT2D eigenvalue weighted by Crippen LogP contribution is 2.34. The van der Waals surface area contributed by atoms with Gasteiger partial charge in [0.05, 0.1) is 6.54 Å². The van der Waals surface area contributed by atoms with E-state index in [0.29, 0.717) is 17.6 Å². The molecule has 0 bridgehead atoms. The van der Waals surface area contributed by atoms with Crippen LogP contribution in [0.4, 0.5) is 4.79 Å². The summed E-state index contributed by atoms with van der Waals surface area (Å²) in [5, 5.41) is 3.63. The number of nitrogens with one attached hydrogen (secondary N) is 1. The molecule has 6 heteroatoms. The van der Waals surface area contributed by atoms with Crippen molar-refractivity contribution >= 4 is 22.9 Å². The number of aryl methyl sites for hydroxylation is 1. The number of rotatable bonds is 5. The summed E-state index contributed by atoms with van der Waals surface area (Å²) in [6.45, 7) is 8.05. The van der Waals surface area contributed by atoms with Crippen molar-refractivity contribution in [2.24, 2.45) is 0 Å². The fourth-order valence-corrected chi connectivity index (χ4v) is 4.45. The van der Waals surface area contributed by atoms with E-state index in [0.717, 1.165) is 22.1 Å². The molecule has 1 aliphatic rings. The average molecular weight is 418 g/mol. The maximum absolute atomic E-state index is 13.5. The number of imide groups is 1. The van der Waals surface area contributed by atoms with Crippen LogP contribution in [0.5, 0.6) is 0 Å². The van der Waals surface area contributed by atoms with Crippen LogP contribution in [0.3, 0.4) is 0 Å². The quantitative estimate of drug-likeness (QED) is 0.486. The number of fused-ring (bicyclic) bond motifs is 1. The van der Waals surface area contributed by atoms with Gasteiger partial charge in [-0.05, 0) is 53.6 Å². The van der Waals surface area contributed by atoms with Crippen LogP contribution >= 0.6 is 0 Å². The molecule has 2 aromatic carbocycles. The Morgan fingerprint density at radius 3 is 2.42 bits per heavy atom. The van der Waals surface area contributed by atoms with Gasteiger partial charge in [0, 0.05) is 11.5 Å². The summed E-state index contributed by atoms with van der Waals surface area (Å²) in [7, 11) is 0. The minimum Gasteiger partial charge on any atom is -0.423 e. The van der Waals surface area contributed by atoms with Gasteiger partial charge in [-0.2, -0.15) is 0 Å². The van der Waals surface area contributed by atoms with Crippen molar-refractivity contribution < 1.29 is 14.0 Å². The highest BCUT2D eigenvalue weighted by atomic mass is 16.4. The first kappa shape index (κ1) is 20.8. The number of hydrogen-bond donors (Lipinski definition) is 1. The normalized spacial score (nSPS) is 18.8. The summed E-state index contributed by atoms with van der Waals surface area (Å²) in [5.74, 6) is -0.0319. The molecule has 1 aromatic heterocycles. The van der Waals surface area contributed by atoms with E-state index < -0.39 is 17.2 Å². The topological polar surface area (TPSA) is 79.6 Å². The molecule has 2 heterocycles. The minimum absolute atomic E-state index is 0.00193. The molecule has 1 unspecified atom stereocenters. The molecule has 1 saturated heterocycles. The van der Waals surface area contributed by atoms with E-state index in [4.69, 9.17) is 4.42 Å². The number of benzene rings is 2. The van der Waals surface area contributed by atoms with Crippen LogP contribution in [0.25, 0.3) is 11.0 Å². The maximum atomic E-state index is 13.5. The molecule has 6 nitrogen and oxygen atoms in total. The smallest absolute Gasteiger partial charge is 0.336 e. The molecule has 31 heavy (non-hydrogen) atoms. The standard InChI is InChI=1S/C25H26N2O4/c1-5-25(18-9-7-6-8-10-18)23(29)27(24(30)26-25)14-17-12-22(28)31-21-11-16(4)19(15(2)3)13-20(17)21/h6-13,15H,5,14H2,1-4H3,(H,26,30). The number of urea groups is 1. The van der Waals surface area contributed by atoms with Gasteiger partial charge in [0.1, 0.15) is 11.1 Å². The Hall–Kier alpha value is -3.41. The van der Waals surface area contributed by atoms with Gasteiger partial charge in [-0.15, -0.1) is 0 Å². The molecule has 3 aromatic rings. The second kappa shape index (κ2) is 7.69. The highest BCUT2D eigenvalue weighted by Gasteiger charge is 2.51. The molecule has 1 fully saturated rings. The largest absolute Gasteiger partial charge is 0.423 e. The Kier molecular flexibility index (Phi) is 5.17. The van der Waals surface area contributed by atoms with Crippen molar-refractivity contribution in [1.82, 2.24) is 10.2 Å². The van der Waals surface area contributed by atoms with Gasteiger partial charge in [-0.3, -0.25) is 9.69 Å². The third kappa shape index (κ3) is 3.42. The summed E-state index contributed by atoms with van der Waals surface area (Å²) in [4.78, 5) is 39.7. The van der Waals surface area contributed by atoms with Crippen molar-refractivity contribution in [2.75, 3.05) is 0 Å². The van der Waals surface area contributed by atoms with Gasteiger partial charge < -0.3 is 9.73 Å². The SMILES string of the molecule is CCC1(c2ccccc2)NC(=O)N(Cc2cc(=O)oc3cc(C)c(C(C)C)cc23)C1=O. The van der Waals surface area contributed by atoms with Crippen LogP contribution in [0, 0.1) is 6.92 Å². The zero-order valence-electron chi connectivity index (χ0n) is 18.2. The molecule has 3 amide bonds. The summed E-state index contributed by atoms with van der Waals surface area (Å²) >= 11 is 0. The van der Waals surface area contributed by atoms with E-state index in [1.165, 1.54) is 11.0 Å². The van der Waals surface area contributed by atoms with Crippen molar-refractivity contribution in [2.45, 2.75) is 52.1 Å². The third-order valence-corrected chi connectivity index (χ3v) is 6.14. The van der Waals surface area contributed by atoms with Crippen LogP contribution in [-0.2, 0) is 16.9 Å². The van der Waals surface area contributed by atoms with Gasteiger partial charge in [0.25, 0.3) is 5.91 Å². The Balaban J connectivity index is 1.79. The van der Waals surface area contributed by atoms with E-state index in [1.54, 1.807) is 0 Å². The first-order valence-corrected chi connectivity index (χ1v) is 10.5. The second-order valence-electron chi connectivity index (χ2n) is 8.40. The molecular formula is C25H26N2O4. The molecule has 4 rings (SSSR count). The van der Waals surface area contributed by atoms with Crippen LogP contribution < -0.4 is 10.9 Å². The predicted molar refractivity (Wildman–Crippen MR) is 119 cm³/mol.